The monoisotopic (exact) mass is 247 g/mol. The Balaban J connectivity index is 1.99. The number of hydrogen-bond donors (Lipinski definition) is 1. The van der Waals surface area contributed by atoms with Crippen LogP contribution in [0.5, 0.6) is 5.88 Å². The molecular formula is C13H17N3O2. The molecule has 1 N–H and O–H groups in total. The molecule has 0 saturated heterocycles. The fourth-order valence-electron chi connectivity index (χ4n) is 1.80. The van der Waals surface area contributed by atoms with E-state index in [1.807, 2.05) is 32.2 Å². The van der Waals surface area contributed by atoms with Crippen LogP contribution in [0.2, 0.25) is 0 Å². The second-order valence-electron chi connectivity index (χ2n) is 3.92. The summed E-state index contributed by atoms with van der Waals surface area (Å²) in [6, 6.07) is 5.62. The normalized spacial score (nSPS) is 10.6. The van der Waals surface area contributed by atoms with Crippen molar-refractivity contribution in [3.8, 4) is 5.88 Å². The lowest BCUT2D eigenvalue weighted by Gasteiger charge is -2.18. The lowest BCUT2D eigenvalue weighted by molar-refractivity contribution is -0.133. The van der Waals surface area contributed by atoms with E-state index >= 15 is 0 Å². The predicted octanol–water partition coefficient (Wildman–Crippen LogP) is 1.81. The Bertz CT molecular complexity index is 532. The molecule has 2 aromatic heterocycles. The average Bonchev–Trinajstić information content (AvgIpc) is 2.85. The second kappa shape index (κ2) is 5.53. The van der Waals surface area contributed by atoms with E-state index in [0.29, 0.717) is 19.0 Å². The summed E-state index contributed by atoms with van der Waals surface area (Å²) in [5.41, 5.74) is 0.766. The van der Waals surface area contributed by atoms with Crippen LogP contribution >= 0.6 is 0 Å². The molecule has 2 heterocycles. The number of likely N-dealkylation sites (N-methyl/N-ethyl adjacent to an activating group) is 1. The fourth-order valence-corrected chi connectivity index (χ4v) is 1.80. The van der Waals surface area contributed by atoms with Crippen LogP contribution in [0.15, 0.2) is 24.4 Å². The number of pyridine rings is 1. The van der Waals surface area contributed by atoms with Gasteiger partial charge in [-0.1, -0.05) is 0 Å². The number of H-pyrrole nitrogens is 1. The molecule has 0 bridgehead atoms. The minimum absolute atomic E-state index is 0.0200. The highest BCUT2D eigenvalue weighted by Crippen LogP contribution is 2.14. The minimum atomic E-state index is -0.0200. The van der Waals surface area contributed by atoms with E-state index in [0.717, 1.165) is 11.0 Å². The highest BCUT2D eigenvalue weighted by Gasteiger charge is 2.10. The first-order valence-electron chi connectivity index (χ1n) is 6.09. The summed E-state index contributed by atoms with van der Waals surface area (Å²) in [4.78, 5) is 20.8. The summed E-state index contributed by atoms with van der Waals surface area (Å²) in [7, 11) is 0. The summed E-state index contributed by atoms with van der Waals surface area (Å²) in [5.74, 6) is 0.443. The summed E-state index contributed by atoms with van der Waals surface area (Å²) in [5, 5.41) is 1.03. The number of rotatable bonds is 5. The largest absolute Gasteiger partial charge is 0.467 e. The first kappa shape index (κ1) is 12.4. The van der Waals surface area contributed by atoms with Crippen LogP contribution < -0.4 is 4.74 Å². The van der Waals surface area contributed by atoms with Gasteiger partial charge >= 0.3 is 0 Å². The molecule has 18 heavy (non-hydrogen) atoms. The third-order valence-electron chi connectivity index (χ3n) is 2.84. The maximum absolute atomic E-state index is 11.8. The van der Waals surface area contributed by atoms with Crippen molar-refractivity contribution >= 4 is 16.9 Å². The first-order valence-corrected chi connectivity index (χ1v) is 6.09. The van der Waals surface area contributed by atoms with Gasteiger partial charge in [0, 0.05) is 30.7 Å². The number of amides is 1. The quantitative estimate of drug-likeness (QED) is 0.876. The number of aromatic nitrogens is 2. The van der Waals surface area contributed by atoms with Crippen molar-refractivity contribution < 1.29 is 9.53 Å². The molecule has 0 fully saturated rings. The zero-order valence-electron chi connectivity index (χ0n) is 10.6. The Kier molecular flexibility index (Phi) is 3.82. The van der Waals surface area contributed by atoms with Gasteiger partial charge in [-0.25, -0.2) is 0 Å². The molecule has 1 amide bonds. The molecular weight excluding hydrogens is 230 g/mol. The van der Waals surface area contributed by atoms with E-state index < -0.39 is 0 Å². The van der Waals surface area contributed by atoms with Gasteiger partial charge in [0.05, 0.1) is 0 Å². The minimum Gasteiger partial charge on any atom is -0.467 e. The van der Waals surface area contributed by atoms with Gasteiger partial charge in [0.15, 0.2) is 6.61 Å². The number of ether oxygens (including phenoxy) is 1. The average molecular weight is 247 g/mol. The van der Waals surface area contributed by atoms with Crippen LogP contribution in [0.1, 0.15) is 13.8 Å². The van der Waals surface area contributed by atoms with Gasteiger partial charge in [-0.05, 0) is 26.0 Å². The van der Waals surface area contributed by atoms with E-state index in [4.69, 9.17) is 4.74 Å². The van der Waals surface area contributed by atoms with Crippen molar-refractivity contribution in [2.75, 3.05) is 19.7 Å². The third-order valence-corrected chi connectivity index (χ3v) is 2.84. The van der Waals surface area contributed by atoms with Gasteiger partial charge in [0.2, 0.25) is 5.88 Å². The lowest BCUT2D eigenvalue weighted by atomic mass is 10.3. The highest BCUT2D eigenvalue weighted by atomic mass is 16.5. The van der Waals surface area contributed by atoms with Gasteiger partial charge in [0.25, 0.3) is 5.91 Å². The van der Waals surface area contributed by atoms with Crippen LogP contribution in [0.3, 0.4) is 0 Å². The van der Waals surface area contributed by atoms with E-state index in [1.54, 1.807) is 11.0 Å². The molecule has 96 valence electrons. The summed E-state index contributed by atoms with van der Waals surface area (Å²) < 4.78 is 5.41. The summed E-state index contributed by atoms with van der Waals surface area (Å²) >= 11 is 0. The van der Waals surface area contributed by atoms with Gasteiger partial charge in [-0.3, -0.25) is 4.79 Å². The van der Waals surface area contributed by atoms with Crippen molar-refractivity contribution in [3.63, 3.8) is 0 Å². The van der Waals surface area contributed by atoms with E-state index in [1.165, 1.54) is 0 Å². The standard InChI is InChI=1S/C13H17N3O2/c1-3-16(4-2)12(17)9-18-11-6-5-10-7-8-14-13(10)15-11/h5-8H,3-4,9H2,1-2H3,(H,14,15). The number of carbonyl (C=O) groups is 1. The molecule has 0 spiro atoms. The molecule has 0 aromatic carbocycles. The van der Waals surface area contributed by atoms with Crippen molar-refractivity contribution in [1.82, 2.24) is 14.9 Å². The second-order valence-corrected chi connectivity index (χ2v) is 3.92. The van der Waals surface area contributed by atoms with Crippen LogP contribution in [-0.2, 0) is 4.79 Å². The van der Waals surface area contributed by atoms with Crippen molar-refractivity contribution in [2.24, 2.45) is 0 Å². The number of hydrogen-bond acceptors (Lipinski definition) is 3. The van der Waals surface area contributed by atoms with Gasteiger partial charge < -0.3 is 14.6 Å². The first-order chi connectivity index (χ1) is 8.74. The Morgan fingerprint density at radius 2 is 2.11 bits per heavy atom. The van der Waals surface area contributed by atoms with E-state index in [9.17, 15) is 4.79 Å². The molecule has 0 aliphatic rings. The van der Waals surface area contributed by atoms with Crippen LogP contribution in [-0.4, -0.2) is 40.5 Å². The third kappa shape index (κ3) is 2.61. The maximum Gasteiger partial charge on any atom is 0.260 e. The molecule has 2 rings (SSSR count). The smallest absolute Gasteiger partial charge is 0.260 e. The fraction of sp³-hybridized carbons (Fsp3) is 0.385. The van der Waals surface area contributed by atoms with Gasteiger partial charge in [-0.2, -0.15) is 4.98 Å². The Labute approximate surface area is 106 Å². The number of fused-ring (bicyclic) bond motifs is 1. The SMILES string of the molecule is CCN(CC)C(=O)COc1ccc2cc[nH]c2n1. The number of aromatic amines is 1. The zero-order valence-corrected chi connectivity index (χ0v) is 10.6. The molecule has 5 heteroatoms. The van der Waals surface area contributed by atoms with E-state index in [-0.39, 0.29) is 12.5 Å². The zero-order chi connectivity index (χ0) is 13.0. The number of nitrogens with one attached hydrogen (secondary N) is 1. The molecule has 5 nitrogen and oxygen atoms in total. The predicted molar refractivity (Wildman–Crippen MR) is 69.5 cm³/mol. The van der Waals surface area contributed by atoms with Crippen molar-refractivity contribution in [1.29, 1.82) is 0 Å². The number of nitrogens with zero attached hydrogens (tertiary/aromatic N) is 2. The molecule has 0 saturated carbocycles. The van der Waals surface area contributed by atoms with Gasteiger partial charge in [0.1, 0.15) is 5.65 Å². The molecule has 2 aromatic rings. The molecule has 0 aliphatic heterocycles. The van der Waals surface area contributed by atoms with Crippen LogP contribution in [0.25, 0.3) is 11.0 Å². The van der Waals surface area contributed by atoms with Crippen molar-refractivity contribution in [2.45, 2.75) is 13.8 Å². The Morgan fingerprint density at radius 3 is 2.83 bits per heavy atom. The molecule has 0 atom stereocenters. The molecule has 0 unspecified atom stereocenters. The highest BCUT2D eigenvalue weighted by molar-refractivity contribution is 5.78. The maximum atomic E-state index is 11.8. The summed E-state index contributed by atoms with van der Waals surface area (Å²) in [6.07, 6.45) is 1.82. The summed E-state index contributed by atoms with van der Waals surface area (Å²) in [6.45, 7) is 5.32. The van der Waals surface area contributed by atoms with E-state index in [2.05, 4.69) is 9.97 Å². The van der Waals surface area contributed by atoms with Crippen LogP contribution in [0.4, 0.5) is 0 Å². The van der Waals surface area contributed by atoms with Gasteiger partial charge in [-0.15, -0.1) is 0 Å². The van der Waals surface area contributed by atoms with Crippen molar-refractivity contribution in [3.05, 3.63) is 24.4 Å². The molecule has 0 aliphatic carbocycles. The lowest BCUT2D eigenvalue weighted by Crippen LogP contribution is -2.34. The topological polar surface area (TPSA) is 58.2 Å². The Morgan fingerprint density at radius 1 is 1.33 bits per heavy atom. The number of carbonyl (C=O) groups excluding carboxylic acids is 1. The Hall–Kier alpha value is -2.04. The van der Waals surface area contributed by atoms with Crippen LogP contribution in [0, 0.1) is 0 Å². The molecule has 0 radical (unpaired) electrons.